The third-order valence-corrected chi connectivity index (χ3v) is 14.0. The number of nitrogens with zero attached hydrogens (tertiary/aromatic N) is 2. The van der Waals surface area contributed by atoms with Crippen LogP contribution < -0.4 is 0 Å². The zero-order valence-corrected chi connectivity index (χ0v) is 17.2. The summed E-state index contributed by atoms with van der Waals surface area (Å²) in [5, 5.41) is 5.20. The first-order chi connectivity index (χ1) is 10.7. The Labute approximate surface area is 143 Å². The second-order valence-corrected chi connectivity index (χ2v) is 17.4. The quantitative estimate of drug-likeness (QED) is 0.562. The summed E-state index contributed by atoms with van der Waals surface area (Å²) in [5.41, 5.74) is 2.25. The molecule has 126 valence electrons. The van der Waals surface area contributed by atoms with Gasteiger partial charge in [0.2, 0.25) is 0 Å². The predicted molar refractivity (Wildman–Crippen MR) is 104 cm³/mol. The molecule has 0 aliphatic carbocycles. The molecule has 0 bridgehead atoms. The number of hydrazone groups is 1. The molecule has 0 saturated carbocycles. The van der Waals surface area contributed by atoms with Crippen molar-refractivity contribution < 1.29 is 4.79 Å². The average molecular weight is 347 g/mol. The third kappa shape index (κ3) is 4.64. The van der Waals surface area contributed by atoms with E-state index < -0.39 is 16.5 Å². The van der Waals surface area contributed by atoms with Crippen LogP contribution in [0.4, 0.5) is 0 Å². The Morgan fingerprint density at radius 1 is 1.04 bits per heavy atom. The molecule has 1 aromatic carbocycles. The van der Waals surface area contributed by atoms with Crippen molar-refractivity contribution >= 4 is 28.0 Å². The first-order valence-electron chi connectivity index (χ1n) is 8.65. The van der Waals surface area contributed by atoms with Crippen LogP contribution in [-0.2, 0) is 4.79 Å². The minimum absolute atomic E-state index is 0.236. The summed E-state index contributed by atoms with van der Waals surface area (Å²) in [6.45, 7) is 11.4. The Hall–Kier alpha value is -1.21. The SMILES string of the molecule is CC(=O)CCC(=NN1[Si](C)(C)CCC[Si]1(C)C)c1ccccc1. The molecule has 3 nitrogen and oxygen atoms in total. The van der Waals surface area contributed by atoms with Gasteiger partial charge < -0.3 is 9.13 Å². The van der Waals surface area contributed by atoms with Crippen molar-refractivity contribution in [2.75, 3.05) is 0 Å². The van der Waals surface area contributed by atoms with Crippen LogP contribution in [0.25, 0.3) is 0 Å². The van der Waals surface area contributed by atoms with Crippen molar-refractivity contribution in [3.63, 3.8) is 0 Å². The second kappa shape index (κ2) is 7.13. The Bertz CT molecular complexity index is 566. The largest absolute Gasteiger partial charge is 0.349 e. The number of hydrogen-bond donors (Lipinski definition) is 0. The molecule has 1 aromatic rings. The molecule has 2 rings (SSSR count). The number of Topliss-reactive ketones (excluding diaryl/α,β-unsaturated/α-hetero) is 1. The lowest BCUT2D eigenvalue weighted by Gasteiger charge is -2.49. The third-order valence-electron chi connectivity index (χ3n) is 4.77. The highest BCUT2D eigenvalue weighted by Gasteiger charge is 2.44. The molecule has 1 fully saturated rings. The molecule has 0 N–H and O–H groups in total. The Balaban J connectivity index is 2.39. The highest BCUT2D eigenvalue weighted by atomic mass is 28.4. The zero-order chi connectivity index (χ0) is 17.1. The van der Waals surface area contributed by atoms with Crippen molar-refractivity contribution in [1.29, 1.82) is 0 Å². The van der Waals surface area contributed by atoms with Crippen LogP contribution in [0, 0.1) is 0 Å². The van der Waals surface area contributed by atoms with Crippen LogP contribution in [0.3, 0.4) is 0 Å². The van der Waals surface area contributed by atoms with E-state index in [0.29, 0.717) is 6.42 Å². The van der Waals surface area contributed by atoms with Gasteiger partial charge in [0, 0.05) is 6.42 Å². The summed E-state index contributed by atoms with van der Waals surface area (Å²) in [7, 11) is -2.97. The lowest BCUT2D eigenvalue weighted by molar-refractivity contribution is -0.116. The van der Waals surface area contributed by atoms with Gasteiger partial charge in [0.15, 0.2) is 16.5 Å². The molecule has 1 aliphatic rings. The van der Waals surface area contributed by atoms with E-state index in [2.05, 4.69) is 54.8 Å². The van der Waals surface area contributed by atoms with Gasteiger partial charge >= 0.3 is 0 Å². The van der Waals surface area contributed by atoms with Gasteiger partial charge in [-0.05, 0) is 31.0 Å². The molecular weight excluding hydrogens is 316 g/mol. The molecule has 0 unspecified atom stereocenters. The number of carbonyl (C=O) groups is 1. The molecule has 0 spiro atoms. The van der Waals surface area contributed by atoms with Crippen LogP contribution in [0.15, 0.2) is 35.4 Å². The molecule has 1 aliphatic heterocycles. The van der Waals surface area contributed by atoms with Gasteiger partial charge in [0.05, 0.1) is 5.71 Å². The lowest BCUT2D eigenvalue weighted by atomic mass is 10.0. The summed E-state index contributed by atoms with van der Waals surface area (Å²) in [6, 6.07) is 13.0. The lowest BCUT2D eigenvalue weighted by Crippen LogP contribution is -2.62. The van der Waals surface area contributed by atoms with E-state index in [-0.39, 0.29) is 5.78 Å². The summed E-state index contributed by atoms with van der Waals surface area (Å²) in [6.07, 6.45) is 2.68. The molecule has 0 amide bonds. The van der Waals surface area contributed by atoms with Crippen LogP contribution in [0.2, 0.25) is 38.3 Å². The molecular formula is C18H30N2OSi2. The molecule has 23 heavy (non-hydrogen) atoms. The van der Waals surface area contributed by atoms with Crippen LogP contribution >= 0.6 is 0 Å². The number of carbonyl (C=O) groups excluding carboxylic acids is 1. The van der Waals surface area contributed by atoms with Crippen LogP contribution in [0.1, 0.15) is 31.7 Å². The fourth-order valence-corrected chi connectivity index (χ4v) is 14.4. The van der Waals surface area contributed by atoms with Gasteiger partial charge in [-0.25, -0.2) is 0 Å². The van der Waals surface area contributed by atoms with Crippen molar-refractivity contribution in [2.24, 2.45) is 5.10 Å². The molecule has 1 heterocycles. The normalized spacial score (nSPS) is 20.4. The molecule has 0 radical (unpaired) electrons. The number of hydrogen-bond acceptors (Lipinski definition) is 3. The molecule has 0 atom stereocenters. The minimum atomic E-state index is -1.48. The van der Waals surface area contributed by atoms with Crippen molar-refractivity contribution in [3.05, 3.63) is 35.9 Å². The van der Waals surface area contributed by atoms with E-state index in [1.165, 1.54) is 18.5 Å². The van der Waals surface area contributed by atoms with Gasteiger partial charge in [0.1, 0.15) is 5.78 Å². The maximum absolute atomic E-state index is 11.5. The number of benzene rings is 1. The fraction of sp³-hybridized carbons (Fsp3) is 0.556. The van der Waals surface area contributed by atoms with Gasteiger partial charge in [0.25, 0.3) is 0 Å². The van der Waals surface area contributed by atoms with Gasteiger partial charge in [-0.3, -0.25) is 0 Å². The van der Waals surface area contributed by atoms with E-state index in [1.807, 2.05) is 6.07 Å². The first kappa shape index (κ1) is 18.1. The van der Waals surface area contributed by atoms with Crippen LogP contribution in [-0.4, -0.2) is 32.3 Å². The molecule has 1 saturated heterocycles. The van der Waals surface area contributed by atoms with Crippen molar-refractivity contribution in [2.45, 2.75) is 64.5 Å². The van der Waals surface area contributed by atoms with Gasteiger partial charge in [-0.2, -0.15) is 5.10 Å². The summed E-state index contributed by atoms with van der Waals surface area (Å²) in [4.78, 5) is 11.5. The van der Waals surface area contributed by atoms with E-state index in [0.717, 1.165) is 17.7 Å². The highest BCUT2D eigenvalue weighted by Crippen LogP contribution is 2.35. The predicted octanol–water partition coefficient (Wildman–Crippen LogP) is 4.88. The van der Waals surface area contributed by atoms with Crippen molar-refractivity contribution in [1.82, 2.24) is 4.34 Å². The van der Waals surface area contributed by atoms with E-state index in [9.17, 15) is 4.79 Å². The monoisotopic (exact) mass is 346 g/mol. The summed E-state index contributed by atoms with van der Waals surface area (Å²) in [5.74, 6) is 0.236. The average Bonchev–Trinajstić information content (AvgIpc) is 2.46. The number of ketones is 1. The zero-order valence-electron chi connectivity index (χ0n) is 15.2. The molecule has 5 heteroatoms. The minimum Gasteiger partial charge on any atom is -0.349 e. The van der Waals surface area contributed by atoms with E-state index in [4.69, 9.17) is 5.10 Å². The highest BCUT2D eigenvalue weighted by molar-refractivity contribution is 6.91. The maximum atomic E-state index is 11.5. The summed E-state index contributed by atoms with van der Waals surface area (Å²) < 4.78 is 2.56. The van der Waals surface area contributed by atoms with Crippen molar-refractivity contribution in [3.8, 4) is 0 Å². The standard InChI is InChI=1S/C18H30N2OSi2/c1-16(21)12-13-18(17-10-7-6-8-11-17)19-20-22(2,3)14-9-15-23(20,4)5/h6-8,10-11H,9,12-15H2,1-5H3. The van der Waals surface area contributed by atoms with E-state index in [1.54, 1.807) is 6.92 Å². The topological polar surface area (TPSA) is 32.7 Å². The Morgan fingerprint density at radius 2 is 1.61 bits per heavy atom. The first-order valence-corrected chi connectivity index (χ1v) is 15.0. The second-order valence-electron chi connectivity index (χ2n) is 7.90. The summed E-state index contributed by atoms with van der Waals surface area (Å²) >= 11 is 0. The Kier molecular flexibility index (Phi) is 5.63. The maximum Gasteiger partial charge on any atom is 0.161 e. The fourth-order valence-electron chi connectivity index (χ4n) is 3.55. The Morgan fingerprint density at radius 3 is 2.13 bits per heavy atom. The van der Waals surface area contributed by atoms with Gasteiger partial charge in [-0.1, -0.05) is 62.9 Å². The smallest absolute Gasteiger partial charge is 0.161 e. The van der Waals surface area contributed by atoms with Gasteiger partial charge in [-0.15, -0.1) is 0 Å². The van der Waals surface area contributed by atoms with E-state index >= 15 is 0 Å². The molecule has 0 aromatic heterocycles. The number of rotatable bonds is 5. The van der Waals surface area contributed by atoms with Crippen LogP contribution in [0.5, 0.6) is 0 Å².